The van der Waals surface area contributed by atoms with Crippen molar-refractivity contribution < 1.29 is 9.50 Å². The van der Waals surface area contributed by atoms with Crippen molar-refractivity contribution in [3.8, 4) is 0 Å². The standard InChI is InChI=1S/C12H19FO/c1-12-7-2-3-9(6-8-14)10(12)4-5-11(12)13/h6,10-11,14H,2-5,7-8H2,1H3/b9-6+/t10-,11?,12?/m0/s1. The highest BCUT2D eigenvalue weighted by atomic mass is 19.1. The molecule has 0 aliphatic heterocycles. The molecule has 0 aromatic carbocycles. The molecule has 2 aliphatic carbocycles. The largest absolute Gasteiger partial charge is 0.392 e. The zero-order chi connectivity index (χ0) is 10.2. The summed E-state index contributed by atoms with van der Waals surface area (Å²) in [5.41, 5.74) is 1.18. The van der Waals surface area contributed by atoms with Gasteiger partial charge >= 0.3 is 0 Å². The maximum absolute atomic E-state index is 13.8. The molecule has 2 heteroatoms. The summed E-state index contributed by atoms with van der Waals surface area (Å²) in [7, 11) is 0. The molecule has 2 fully saturated rings. The summed E-state index contributed by atoms with van der Waals surface area (Å²) in [5.74, 6) is 0.401. The van der Waals surface area contributed by atoms with Gasteiger partial charge in [-0.2, -0.15) is 0 Å². The molecular formula is C12H19FO. The van der Waals surface area contributed by atoms with Gasteiger partial charge in [-0.25, -0.2) is 4.39 Å². The first-order valence-corrected chi connectivity index (χ1v) is 5.62. The van der Waals surface area contributed by atoms with E-state index in [4.69, 9.17) is 5.11 Å². The third-order valence-electron chi connectivity index (χ3n) is 4.20. The van der Waals surface area contributed by atoms with Gasteiger partial charge in [-0.05, 0) is 38.0 Å². The van der Waals surface area contributed by atoms with E-state index >= 15 is 0 Å². The summed E-state index contributed by atoms with van der Waals surface area (Å²) in [4.78, 5) is 0. The van der Waals surface area contributed by atoms with Gasteiger partial charge in [-0.3, -0.25) is 0 Å². The predicted molar refractivity (Wildman–Crippen MR) is 54.7 cm³/mol. The molecule has 14 heavy (non-hydrogen) atoms. The number of fused-ring (bicyclic) bond motifs is 1. The van der Waals surface area contributed by atoms with Crippen LogP contribution in [0.5, 0.6) is 0 Å². The van der Waals surface area contributed by atoms with E-state index in [0.717, 1.165) is 25.7 Å². The highest BCUT2D eigenvalue weighted by Gasteiger charge is 2.49. The number of hydrogen-bond donors (Lipinski definition) is 1. The van der Waals surface area contributed by atoms with Crippen molar-refractivity contribution in [3.05, 3.63) is 11.6 Å². The predicted octanol–water partition coefficient (Wildman–Crippen LogP) is 2.84. The first kappa shape index (κ1) is 10.2. The lowest BCUT2D eigenvalue weighted by atomic mass is 9.66. The van der Waals surface area contributed by atoms with Gasteiger partial charge in [0.05, 0.1) is 6.61 Å². The molecule has 0 saturated heterocycles. The number of halogens is 1. The van der Waals surface area contributed by atoms with Crippen LogP contribution in [-0.4, -0.2) is 17.9 Å². The first-order valence-electron chi connectivity index (χ1n) is 5.62. The number of aliphatic hydroxyl groups is 1. The average Bonchev–Trinajstić information content (AvgIpc) is 2.45. The van der Waals surface area contributed by atoms with Crippen molar-refractivity contribution in [3.63, 3.8) is 0 Å². The lowest BCUT2D eigenvalue weighted by Crippen LogP contribution is -2.34. The molecule has 2 aliphatic rings. The molecule has 1 nitrogen and oxygen atoms in total. The van der Waals surface area contributed by atoms with Crippen LogP contribution in [-0.2, 0) is 0 Å². The summed E-state index contributed by atoms with van der Waals surface area (Å²) in [6, 6.07) is 0. The Kier molecular flexibility index (Phi) is 2.65. The van der Waals surface area contributed by atoms with Crippen molar-refractivity contribution in [1.29, 1.82) is 0 Å². The van der Waals surface area contributed by atoms with Crippen LogP contribution in [0, 0.1) is 11.3 Å². The Morgan fingerprint density at radius 1 is 1.57 bits per heavy atom. The Hall–Kier alpha value is -0.370. The van der Waals surface area contributed by atoms with E-state index in [2.05, 4.69) is 6.92 Å². The van der Waals surface area contributed by atoms with E-state index in [0.29, 0.717) is 12.3 Å². The Morgan fingerprint density at radius 2 is 2.36 bits per heavy atom. The van der Waals surface area contributed by atoms with Crippen LogP contribution in [0.3, 0.4) is 0 Å². The zero-order valence-corrected chi connectivity index (χ0v) is 8.80. The number of alkyl halides is 1. The number of hydrogen-bond acceptors (Lipinski definition) is 1. The van der Waals surface area contributed by atoms with Crippen molar-refractivity contribution in [2.45, 2.75) is 45.2 Å². The van der Waals surface area contributed by atoms with Crippen molar-refractivity contribution in [1.82, 2.24) is 0 Å². The summed E-state index contributed by atoms with van der Waals surface area (Å²) < 4.78 is 13.8. The lowest BCUT2D eigenvalue weighted by Gasteiger charge is -2.39. The fraction of sp³-hybridized carbons (Fsp3) is 0.833. The highest BCUT2D eigenvalue weighted by molar-refractivity contribution is 5.18. The fourth-order valence-corrected chi connectivity index (χ4v) is 3.34. The van der Waals surface area contributed by atoms with E-state index in [9.17, 15) is 4.39 Å². The molecule has 0 spiro atoms. The summed E-state index contributed by atoms with van der Waals surface area (Å²) in [5, 5.41) is 8.92. The SMILES string of the molecule is CC12CCC/C(=C\CO)[C@@H]1CCC2F. The first-order chi connectivity index (χ1) is 6.68. The van der Waals surface area contributed by atoms with Crippen molar-refractivity contribution >= 4 is 0 Å². The normalized spacial score (nSPS) is 45.5. The lowest BCUT2D eigenvalue weighted by molar-refractivity contribution is 0.0979. The van der Waals surface area contributed by atoms with Gasteiger partial charge in [0.2, 0.25) is 0 Å². The number of rotatable bonds is 1. The van der Waals surface area contributed by atoms with Gasteiger partial charge in [0.25, 0.3) is 0 Å². The molecule has 0 radical (unpaired) electrons. The van der Waals surface area contributed by atoms with Gasteiger partial charge in [0.15, 0.2) is 0 Å². The molecule has 0 heterocycles. The Labute approximate surface area is 85.0 Å². The van der Waals surface area contributed by atoms with Crippen LogP contribution in [0.4, 0.5) is 4.39 Å². The third kappa shape index (κ3) is 1.40. The molecular weight excluding hydrogens is 179 g/mol. The van der Waals surface area contributed by atoms with Crippen LogP contribution in [0.25, 0.3) is 0 Å². The molecule has 0 bridgehead atoms. The molecule has 80 valence electrons. The fourth-order valence-electron chi connectivity index (χ4n) is 3.34. The van der Waals surface area contributed by atoms with Crippen molar-refractivity contribution in [2.24, 2.45) is 11.3 Å². The minimum absolute atomic E-state index is 0.110. The minimum atomic E-state index is -0.630. The molecule has 3 atom stereocenters. The average molecular weight is 198 g/mol. The molecule has 1 N–H and O–H groups in total. The Morgan fingerprint density at radius 3 is 3.07 bits per heavy atom. The van der Waals surface area contributed by atoms with Gasteiger partial charge in [-0.1, -0.05) is 18.6 Å². The molecule has 0 aromatic rings. The molecule has 0 amide bonds. The van der Waals surface area contributed by atoms with E-state index < -0.39 is 6.17 Å². The second-order valence-electron chi connectivity index (χ2n) is 4.92. The van der Waals surface area contributed by atoms with Gasteiger partial charge in [0, 0.05) is 5.41 Å². The second-order valence-corrected chi connectivity index (χ2v) is 4.92. The molecule has 2 saturated carbocycles. The van der Waals surface area contributed by atoms with E-state index in [1.165, 1.54) is 5.57 Å². The van der Waals surface area contributed by atoms with Crippen molar-refractivity contribution in [2.75, 3.05) is 6.61 Å². The summed E-state index contributed by atoms with van der Waals surface area (Å²) in [6.07, 6.45) is 6.12. The van der Waals surface area contributed by atoms with E-state index in [-0.39, 0.29) is 12.0 Å². The summed E-state index contributed by atoms with van der Waals surface area (Å²) in [6.45, 7) is 2.19. The Bertz CT molecular complexity index is 249. The van der Waals surface area contributed by atoms with Gasteiger partial charge in [-0.15, -0.1) is 0 Å². The third-order valence-corrected chi connectivity index (χ3v) is 4.20. The van der Waals surface area contributed by atoms with Gasteiger partial charge < -0.3 is 5.11 Å². The van der Waals surface area contributed by atoms with E-state index in [1.807, 2.05) is 6.08 Å². The monoisotopic (exact) mass is 198 g/mol. The smallest absolute Gasteiger partial charge is 0.106 e. The topological polar surface area (TPSA) is 20.2 Å². The minimum Gasteiger partial charge on any atom is -0.392 e. The second kappa shape index (κ2) is 3.65. The molecule has 2 rings (SSSR count). The van der Waals surface area contributed by atoms with E-state index in [1.54, 1.807) is 0 Å². The van der Waals surface area contributed by atoms with Crippen LogP contribution in [0.1, 0.15) is 39.0 Å². The quantitative estimate of drug-likeness (QED) is 0.642. The molecule has 0 aromatic heterocycles. The van der Waals surface area contributed by atoms with Crippen LogP contribution in [0.2, 0.25) is 0 Å². The van der Waals surface area contributed by atoms with Crippen LogP contribution < -0.4 is 0 Å². The van der Waals surface area contributed by atoms with Crippen LogP contribution in [0.15, 0.2) is 11.6 Å². The summed E-state index contributed by atoms with van der Waals surface area (Å²) >= 11 is 0. The Balaban J connectivity index is 2.24. The van der Waals surface area contributed by atoms with Crippen LogP contribution >= 0.6 is 0 Å². The maximum atomic E-state index is 13.8. The number of allylic oxidation sites excluding steroid dienone is 1. The zero-order valence-electron chi connectivity index (χ0n) is 8.80. The van der Waals surface area contributed by atoms with Gasteiger partial charge in [0.1, 0.15) is 6.17 Å². The highest BCUT2D eigenvalue weighted by Crippen LogP contribution is 2.55. The maximum Gasteiger partial charge on any atom is 0.106 e. The number of aliphatic hydroxyl groups excluding tert-OH is 1. The molecule has 2 unspecified atom stereocenters.